The highest BCUT2D eigenvalue weighted by molar-refractivity contribution is 7.99. The fourth-order valence-corrected chi connectivity index (χ4v) is 8.37. The van der Waals surface area contributed by atoms with Gasteiger partial charge < -0.3 is 28.2 Å². The molecule has 0 aromatic heterocycles. The van der Waals surface area contributed by atoms with E-state index in [2.05, 4.69) is 59.6 Å². The summed E-state index contributed by atoms with van der Waals surface area (Å²) in [5.41, 5.74) is 3.48. The van der Waals surface area contributed by atoms with E-state index in [1.165, 1.54) is 46.8 Å². The molecule has 2 aromatic rings. The van der Waals surface area contributed by atoms with E-state index in [1.807, 2.05) is 20.8 Å². The van der Waals surface area contributed by atoms with E-state index >= 15 is 0 Å². The van der Waals surface area contributed by atoms with Crippen LogP contribution in [0, 0.1) is 0 Å². The van der Waals surface area contributed by atoms with Crippen LogP contribution in [0.15, 0.2) is 52.3 Å². The molecule has 1 heterocycles. The average molecular weight is 561 g/mol. The number of ether oxygens (including phenoxy) is 1. The maximum atomic E-state index is 12.4. The molecule has 0 bridgehead atoms. The van der Waals surface area contributed by atoms with Gasteiger partial charge in [-0.3, -0.25) is 0 Å². The number of carbonyl (C=O) groups excluding carboxylic acids is 1. The summed E-state index contributed by atoms with van der Waals surface area (Å²) in [6, 6.07) is 15.6. The van der Waals surface area contributed by atoms with Crippen LogP contribution in [0.25, 0.3) is 0 Å². The summed E-state index contributed by atoms with van der Waals surface area (Å²) < 4.78 is 23.2. The summed E-state index contributed by atoms with van der Waals surface area (Å²) in [5.74, 6) is 0. The third kappa shape index (κ3) is 8.74. The summed E-state index contributed by atoms with van der Waals surface area (Å²) >= 11 is 1.78. The van der Waals surface area contributed by atoms with Crippen LogP contribution in [0.2, 0.25) is 6.04 Å². The highest BCUT2D eigenvalue weighted by Gasteiger charge is 2.39. The predicted molar refractivity (Wildman–Crippen MR) is 156 cm³/mol. The van der Waals surface area contributed by atoms with Gasteiger partial charge in [-0.2, -0.15) is 0 Å². The lowest BCUT2D eigenvalue weighted by atomic mass is 10.1. The first-order valence-corrected chi connectivity index (χ1v) is 16.8. The molecule has 1 N–H and O–H groups in total. The van der Waals surface area contributed by atoms with Crippen molar-refractivity contribution in [1.82, 2.24) is 5.32 Å². The lowest BCUT2D eigenvalue weighted by molar-refractivity contribution is 0.0706. The largest absolute Gasteiger partial charge is 0.500 e. The standard InChI is InChI=1S/C29H44N2O5SSi/c1-5-9-10-13-20-31-25-15-11-12-16-27(25)37-28-22-24(17-18-26(28)31)23-33-29(32)30-19-14-21-38(34-6-2,35-7-3)36-8-4/h11-12,15-18,22H,5-10,13-14,19-21,23H2,1-4H3,(H,30,32). The smallest absolute Gasteiger partial charge is 0.445 e. The fraction of sp³-hybridized carbons (Fsp3) is 0.552. The number of unbranched alkanes of at least 4 members (excludes halogenated alkanes) is 3. The maximum absolute atomic E-state index is 12.4. The van der Waals surface area contributed by atoms with Crippen LogP contribution in [0.1, 0.15) is 65.4 Å². The quantitative estimate of drug-likeness (QED) is 0.158. The van der Waals surface area contributed by atoms with Gasteiger partial charge in [0.1, 0.15) is 6.61 Å². The van der Waals surface area contributed by atoms with Gasteiger partial charge in [0.05, 0.1) is 11.4 Å². The molecular formula is C29H44N2O5SSi. The zero-order valence-corrected chi connectivity index (χ0v) is 25.2. The number of carbonyl (C=O) groups is 1. The monoisotopic (exact) mass is 560 g/mol. The van der Waals surface area contributed by atoms with Gasteiger partial charge in [-0.1, -0.05) is 56.1 Å². The van der Waals surface area contributed by atoms with E-state index in [0.29, 0.717) is 38.8 Å². The predicted octanol–water partition coefficient (Wildman–Crippen LogP) is 7.53. The second-order valence-corrected chi connectivity index (χ2v) is 13.0. The number of amides is 1. The second kappa shape index (κ2) is 16.2. The number of fused-ring (bicyclic) bond motifs is 2. The number of hydrogen-bond donors (Lipinski definition) is 1. The third-order valence-electron chi connectivity index (χ3n) is 6.32. The van der Waals surface area contributed by atoms with E-state index < -0.39 is 14.9 Å². The molecule has 1 aliphatic heterocycles. The number of hydrogen-bond acceptors (Lipinski definition) is 7. The Bertz CT molecular complexity index is 992. The van der Waals surface area contributed by atoms with Crippen LogP contribution in [0.4, 0.5) is 16.2 Å². The molecule has 0 unspecified atom stereocenters. The Labute approximate surface area is 233 Å². The Hall–Kier alpha value is -2.04. The van der Waals surface area contributed by atoms with Gasteiger partial charge >= 0.3 is 14.9 Å². The number of nitrogens with one attached hydrogen (secondary N) is 1. The van der Waals surface area contributed by atoms with Crippen LogP contribution in [0.3, 0.4) is 0 Å². The lowest BCUT2D eigenvalue weighted by Crippen LogP contribution is -2.46. The summed E-state index contributed by atoms with van der Waals surface area (Å²) in [5, 5.41) is 2.85. The van der Waals surface area contributed by atoms with Crippen LogP contribution in [-0.2, 0) is 24.6 Å². The molecule has 0 spiro atoms. The van der Waals surface area contributed by atoms with Crippen LogP contribution in [0.5, 0.6) is 0 Å². The van der Waals surface area contributed by atoms with Gasteiger partial charge in [0.15, 0.2) is 0 Å². The Morgan fingerprint density at radius 1 is 0.868 bits per heavy atom. The second-order valence-electron chi connectivity index (χ2n) is 9.17. The Kier molecular flexibility index (Phi) is 13.0. The Morgan fingerprint density at radius 3 is 2.29 bits per heavy atom. The first-order valence-electron chi connectivity index (χ1n) is 14.1. The minimum Gasteiger partial charge on any atom is -0.445 e. The number of alkyl carbamates (subject to hydrolysis) is 1. The van der Waals surface area contributed by atoms with E-state index in [4.69, 9.17) is 18.0 Å². The van der Waals surface area contributed by atoms with Crippen molar-refractivity contribution < 1.29 is 22.8 Å². The summed E-state index contributed by atoms with van der Waals surface area (Å²) in [6.07, 6.45) is 5.19. The summed E-state index contributed by atoms with van der Waals surface area (Å²) in [4.78, 5) is 17.3. The molecule has 0 aliphatic carbocycles. The number of nitrogens with zero attached hydrogens (tertiary/aromatic N) is 1. The molecule has 7 nitrogen and oxygen atoms in total. The molecule has 0 fully saturated rings. The first-order chi connectivity index (χ1) is 18.6. The molecule has 9 heteroatoms. The van der Waals surface area contributed by atoms with Crippen molar-refractivity contribution in [2.45, 2.75) is 82.2 Å². The zero-order chi connectivity index (χ0) is 27.2. The zero-order valence-electron chi connectivity index (χ0n) is 23.4. The number of para-hydroxylation sites is 1. The van der Waals surface area contributed by atoms with E-state index in [9.17, 15) is 4.79 Å². The highest BCUT2D eigenvalue weighted by Crippen LogP contribution is 2.48. The van der Waals surface area contributed by atoms with Crippen molar-refractivity contribution in [3.63, 3.8) is 0 Å². The topological polar surface area (TPSA) is 69.3 Å². The normalized spacial score (nSPS) is 12.7. The van der Waals surface area contributed by atoms with Crippen LogP contribution >= 0.6 is 11.8 Å². The minimum absolute atomic E-state index is 0.230. The van der Waals surface area contributed by atoms with Crippen molar-refractivity contribution in [2.75, 3.05) is 37.8 Å². The van der Waals surface area contributed by atoms with Crippen molar-refractivity contribution >= 4 is 38.0 Å². The molecule has 38 heavy (non-hydrogen) atoms. The van der Waals surface area contributed by atoms with E-state index in [0.717, 1.165) is 12.1 Å². The van der Waals surface area contributed by atoms with Gasteiger partial charge in [-0.15, -0.1) is 0 Å². The van der Waals surface area contributed by atoms with E-state index in [-0.39, 0.29) is 6.61 Å². The molecule has 0 radical (unpaired) electrons. The SMILES string of the molecule is CCCCCCN1c2ccccc2Sc2cc(COC(=O)NCCC[Si](OCC)(OCC)OCC)ccc21. The molecule has 3 rings (SSSR count). The van der Waals surface area contributed by atoms with Crippen molar-refractivity contribution in [2.24, 2.45) is 0 Å². The number of anilines is 2. The molecule has 210 valence electrons. The van der Waals surface area contributed by atoms with Gasteiger partial charge in [-0.05, 0) is 63.4 Å². The minimum atomic E-state index is -2.70. The summed E-state index contributed by atoms with van der Waals surface area (Å²) in [7, 11) is -2.70. The molecule has 0 saturated carbocycles. The van der Waals surface area contributed by atoms with Gasteiger partial charge in [-0.25, -0.2) is 4.79 Å². The molecule has 1 aliphatic rings. The van der Waals surface area contributed by atoms with Gasteiger partial charge in [0.25, 0.3) is 0 Å². The van der Waals surface area contributed by atoms with Crippen molar-refractivity contribution in [1.29, 1.82) is 0 Å². The van der Waals surface area contributed by atoms with E-state index in [1.54, 1.807) is 11.8 Å². The Morgan fingerprint density at radius 2 is 1.58 bits per heavy atom. The van der Waals surface area contributed by atoms with Gasteiger partial charge in [0, 0.05) is 48.7 Å². The highest BCUT2D eigenvalue weighted by atomic mass is 32.2. The number of rotatable bonds is 17. The molecule has 2 aromatic carbocycles. The van der Waals surface area contributed by atoms with Crippen LogP contribution < -0.4 is 10.2 Å². The molecule has 0 saturated heterocycles. The molecule has 1 amide bonds. The summed E-state index contributed by atoms with van der Waals surface area (Å²) in [6.45, 7) is 11.4. The van der Waals surface area contributed by atoms with Crippen molar-refractivity contribution in [3.05, 3.63) is 48.0 Å². The van der Waals surface area contributed by atoms with Crippen LogP contribution in [-0.4, -0.2) is 47.8 Å². The fourth-order valence-electron chi connectivity index (χ4n) is 4.60. The molecule has 0 atom stereocenters. The maximum Gasteiger partial charge on any atom is 0.500 e. The number of benzene rings is 2. The lowest BCUT2D eigenvalue weighted by Gasteiger charge is -2.33. The Balaban J connectivity index is 1.53. The average Bonchev–Trinajstić information content (AvgIpc) is 2.92. The molecular weight excluding hydrogens is 516 g/mol. The van der Waals surface area contributed by atoms with Gasteiger partial charge in [0.2, 0.25) is 0 Å². The third-order valence-corrected chi connectivity index (χ3v) is 10.6. The van der Waals surface area contributed by atoms with Crippen molar-refractivity contribution in [3.8, 4) is 0 Å². The first kappa shape index (κ1) is 30.5.